The summed E-state index contributed by atoms with van der Waals surface area (Å²) in [6.45, 7) is 0. The Balaban J connectivity index is 1.39. The molecule has 9 nitrogen and oxygen atoms in total. The van der Waals surface area contributed by atoms with Gasteiger partial charge in [-0.2, -0.15) is 0 Å². The number of nitrogens with zero attached hydrogens (tertiary/aromatic N) is 4. The van der Waals surface area contributed by atoms with Crippen molar-refractivity contribution in [2.75, 3.05) is 31.2 Å². The van der Waals surface area contributed by atoms with Crippen molar-refractivity contribution in [2.45, 2.75) is 42.7 Å². The fourth-order valence-corrected chi connectivity index (χ4v) is 5.77. The maximum atomic E-state index is 12.7. The number of hydrogen-bond acceptors (Lipinski definition) is 8. The van der Waals surface area contributed by atoms with Crippen LogP contribution in [0.2, 0.25) is 5.02 Å². The van der Waals surface area contributed by atoms with Gasteiger partial charge in [0.25, 0.3) is 10.0 Å². The van der Waals surface area contributed by atoms with Crippen LogP contribution in [0.4, 0.5) is 11.6 Å². The molecular weight excluding hydrogens is 512 g/mol. The molecule has 3 aromatic rings. The minimum Gasteiger partial charge on any atom is -0.496 e. The Labute approximate surface area is 223 Å². The minimum absolute atomic E-state index is 0.0918. The molecule has 2 heterocycles. The average Bonchev–Trinajstić information content (AvgIpc) is 2.89. The van der Waals surface area contributed by atoms with Crippen LogP contribution in [0.5, 0.6) is 5.75 Å². The predicted molar refractivity (Wildman–Crippen MR) is 147 cm³/mol. The van der Waals surface area contributed by atoms with Gasteiger partial charge in [-0.3, -0.25) is 9.71 Å². The van der Waals surface area contributed by atoms with Crippen LogP contribution >= 0.6 is 11.6 Å². The van der Waals surface area contributed by atoms with Crippen molar-refractivity contribution in [2.24, 2.45) is 0 Å². The van der Waals surface area contributed by atoms with Crippen LogP contribution in [0.1, 0.15) is 36.8 Å². The van der Waals surface area contributed by atoms with Crippen LogP contribution in [0.3, 0.4) is 0 Å². The summed E-state index contributed by atoms with van der Waals surface area (Å²) in [4.78, 5) is 15.0. The van der Waals surface area contributed by atoms with E-state index in [0.29, 0.717) is 29.5 Å². The monoisotopic (exact) mass is 542 g/mol. The van der Waals surface area contributed by atoms with Gasteiger partial charge in [-0.25, -0.2) is 18.4 Å². The lowest BCUT2D eigenvalue weighted by molar-refractivity contribution is 0.221. The van der Waals surface area contributed by atoms with Crippen LogP contribution < -0.4 is 14.8 Å². The summed E-state index contributed by atoms with van der Waals surface area (Å²) in [5.41, 5.74) is 1.94. The molecule has 2 N–H and O–H groups in total. The molecule has 4 rings (SSSR count). The van der Waals surface area contributed by atoms with Gasteiger partial charge < -0.3 is 15.0 Å². The van der Waals surface area contributed by atoms with E-state index in [0.717, 1.165) is 24.0 Å². The summed E-state index contributed by atoms with van der Waals surface area (Å²) in [6.07, 6.45) is 14.5. The quantitative estimate of drug-likeness (QED) is 0.397. The highest BCUT2D eigenvalue weighted by molar-refractivity contribution is 7.92. The van der Waals surface area contributed by atoms with Crippen molar-refractivity contribution in [3.8, 4) is 5.75 Å². The van der Waals surface area contributed by atoms with E-state index in [9.17, 15) is 8.42 Å². The molecule has 37 heavy (non-hydrogen) atoms. The van der Waals surface area contributed by atoms with Crippen LogP contribution in [-0.4, -0.2) is 61.6 Å². The smallest absolute Gasteiger partial charge is 0.264 e. The highest BCUT2D eigenvalue weighted by Crippen LogP contribution is 2.28. The van der Waals surface area contributed by atoms with Crippen molar-refractivity contribution in [1.82, 2.24) is 19.9 Å². The van der Waals surface area contributed by atoms with Gasteiger partial charge in [0.05, 0.1) is 17.8 Å². The Morgan fingerprint density at radius 1 is 1.05 bits per heavy atom. The zero-order valence-electron chi connectivity index (χ0n) is 21.1. The number of benzene rings is 1. The van der Waals surface area contributed by atoms with E-state index in [1.807, 2.05) is 12.2 Å². The molecule has 0 bridgehead atoms. The highest BCUT2D eigenvalue weighted by Gasteiger charge is 2.23. The number of nitrogens with one attached hydrogen (secondary N) is 2. The van der Waals surface area contributed by atoms with Gasteiger partial charge in [-0.15, -0.1) is 0 Å². The van der Waals surface area contributed by atoms with Crippen molar-refractivity contribution in [3.63, 3.8) is 0 Å². The number of methoxy groups -OCH3 is 1. The van der Waals surface area contributed by atoms with Crippen molar-refractivity contribution in [3.05, 3.63) is 65.2 Å². The topological polar surface area (TPSA) is 109 Å². The van der Waals surface area contributed by atoms with Gasteiger partial charge in [-0.1, -0.05) is 23.8 Å². The van der Waals surface area contributed by atoms with E-state index < -0.39 is 10.0 Å². The van der Waals surface area contributed by atoms with Gasteiger partial charge in [0, 0.05) is 54.1 Å². The predicted octanol–water partition coefficient (Wildman–Crippen LogP) is 4.79. The molecule has 0 spiro atoms. The summed E-state index contributed by atoms with van der Waals surface area (Å²) in [5.74, 6) is 1.13. The number of halogens is 1. The van der Waals surface area contributed by atoms with E-state index in [4.69, 9.17) is 16.3 Å². The number of hydrogen-bond donors (Lipinski definition) is 2. The van der Waals surface area contributed by atoms with Crippen molar-refractivity contribution in [1.29, 1.82) is 0 Å². The molecule has 1 aromatic carbocycles. The van der Waals surface area contributed by atoms with Gasteiger partial charge in [-0.05, 0) is 58.0 Å². The van der Waals surface area contributed by atoms with Crippen LogP contribution in [0, 0.1) is 0 Å². The maximum Gasteiger partial charge on any atom is 0.264 e. The van der Waals surface area contributed by atoms with Crippen molar-refractivity contribution >= 4 is 45.4 Å². The summed E-state index contributed by atoms with van der Waals surface area (Å²) >= 11 is 6.02. The molecule has 0 unspecified atom stereocenters. The number of pyridine rings is 1. The third-order valence-corrected chi connectivity index (χ3v) is 8.25. The van der Waals surface area contributed by atoms with Gasteiger partial charge in [0.1, 0.15) is 10.6 Å². The third kappa shape index (κ3) is 6.97. The number of ether oxygens (including phenoxy) is 1. The average molecular weight is 543 g/mol. The molecule has 0 amide bonds. The Hall–Kier alpha value is -3.21. The normalized spacial score (nSPS) is 18.2. The standard InChI is InChI=1S/C26H31ClN6O3S/c1-33(2)22-10-8-20(9-11-22)31-26-29-15-18(16-30-26)4-5-19-6-7-21(14-24(19)36-3)32-37(34,35)25-17-28-13-12-23(25)27/h4-7,12-17,20,22,32H,8-11H2,1-3H3,(H,29,30,31)/b5-4+. The maximum absolute atomic E-state index is 12.7. The molecule has 2 aromatic heterocycles. The van der Waals surface area contributed by atoms with E-state index >= 15 is 0 Å². The van der Waals surface area contributed by atoms with Crippen molar-refractivity contribution < 1.29 is 13.2 Å². The highest BCUT2D eigenvalue weighted by atomic mass is 35.5. The molecule has 0 atom stereocenters. The lowest BCUT2D eigenvalue weighted by atomic mass is 9.91. The zero-order chi connectivity index (χ0) is 26.4. The van der Waals surface area contributed by atoms with Crippen LogP contribution in [0.25, 0.3) is 12.2 Å². The van der Waals surface area contributed by atoms with Gasteiger partial charge in [0.2, 0.25) is 5.95 Å². The minimum atomic E-state index is -3.90. The molecule has 11 heteroatoms. The third-order valence-electron chi connectivity index (χ3n) is 6.40. The fourth-order valence-electron chi connectivity index (χ4n) is 4.29. The Bertz CT molecular complexity index is 1340. The van der Waals surface area contributed by atoms with Crippen LogP contribution in [-0.2, 0) is 10.0 Å². The summed E-state index contributed by atoms with van der Waals surface area (Å²) in [5, 5.41) is 3.54. The van der Waals surface area contributed by atoms with E-state index in [-0.39, 0.29) is 9.92 Å². The zero-order valence-corrected chi connectivity index (χ0v) is 22.6. The van der Waals surface area contributed by atoms with E-state index in [1.165, 1.54) is 38.4 Å². The Kier molecular flexibility index (Phi) is 8.63. The van der Waals surface area contributed by atoms with Gasteiger partial charge in [0.15, 0.2) is 0 Å². The molecule has 1 aliphatic rings. The molecule has 0 aliphatic heterocycles. The molecule has 1 aliphatic carbocycles. The Morgan fingerprint density at radius 2 is 1.78 bits per heavy atom. The second-order valence-electron chi connectivity index (χ2n) is 9.16. The molecule has 1 fully saturated rings. The molecule has 0 saturated heterocycles. The number of sulfonamides is 1. The SMILES string of the molecule is COc1cc(NS(=O)(=O)c2cnccc2Cl)ccc1/C=C/c1cnc(NC2CCC(N(C)C)CC2)nc1. The first-order valence-corrected chi connectivity index (χ1v) is 13.8. The second kappa shape index (κ2) is 11.9. The molecular formula is C26H31ClN6O3S. The van der Waals surface area contributed by atoms with Crippen LogP contribution in [0.15, 0.2) is 53.9 Å². The summed E-state index contributed by atoms with van der Waals surface area (Å²) in [7, 11) is 1.90. The fraction of sp³-hybridized carbons (Fsp3) is 0.346. The number of aromatic nitrogens is 3. The summed E-state index contributed by atoms with van der Waals surface area (Å²) in [6, 6.07) is 7.49. The number of rotatable bonds is 9. The summed E-state index contributed by atoms with van der Waals surface area (Å²) < 4.78 is 33.4. The first kappa shape index (κ1) is 26.8. The molecule has 0 radical (unpaired) electrons. The molecule has 196 valence electrons. The first-order valence-electron chi connectivity index (χ1n) is 12.0. The number of anilines is 2. The van der Waals surface area contributed by atoms with Gasteiger partial charge >= 0.3 is 0 Å². The lowest BCUT2D eigenvalue weighted by Crippen LogP contribution is -2.36. The second-order valence-corrected chi connectivity index (χ2v) is 11.2. The lowest BCUT2D eigenvalue weighted by Gasteiger charge is -2.32. The van der Waals surface area contributed by atoms with E-state index in [2.05, 4.69) is 44.0 Å². The Morgan fingerprint density at radius 3 is 2.43 bits per heavy atom. The molecule has 1 saturated carbocycles. The first-order chi connectivity index (χ1) is 17.7. The largest absolute Gasteiger partial charge is 0.496 e. The van der Waals surface area contributed by atoms with E-state index in [1.54, 1.807) is 30.6 Å².